The molecule has 0 aromatic carbocycles. The number of hydrogen-bond acceptors (Lipinski definition) is 9. The summed E-state index contributed by atoms with van der Waals surface area (Å²) in [5.41, 5.74) is 0. The molecule has 0 unspecified atom stereocenters. The van der Waals surface area contributed by atoms with Gasteiger partial charge in [-0.2, -0.15) is 0 Å². The van der Waals surface area contributed by atoms with Crippen molar-refractivity contribution < 1.29 is 48.7 Å². The molecule has 0 saturated carbocycles. The van der Waals surface area contributed by atoms with Gasteiger partial charge >= 0.3 is 11.9 Å². The van der Waals surface area contributed by atoms with Crippen LogP contribution < -0.4 is 0 Å². The lowest BCUT2D eigenvalue weighted by molar-refractivity contribution is -0.146. The fraction of sp³-hybridized carbons (Fsp3) is 0.784. The van der Waals surface area contributed by atoms with Gasteiger partial charge in [-0.25, -0.2) is 9.59 Å². The first-order valence-corrected chi connectivity index (χ1v) is 18.4. The van der Waals surface area contributed by atoms with Crippen LogP contribution in [0.3, 0.4) is 0 Å². The SMILES string of the molecule is CCCCC[C@H](O)/C=C/[C@H]1CCC(=O)N1CCCCOCC(=O)O.CCCCC[C@H](O)/C=C/[C@H]1CCC(=O)N1CCCCOCC(=O)OC. The number of unbranched alkanes of at least 4 members (excludes halogenated alkanes) is 6. The maximum absolute atomic E-state index is 12.0. The highest BCUT2D eigenvalue weighted by atomic mass is 16.6. The van der Waals surface area contributed by atoms with Gasteiger partial charge in [0.1, 0.15) is 13.2 Å². The predicted octanol–water partition coefficient (Wildman–Crippen LogP) is 4.80. The van der Waals surface area contributed by atoms with Crippen LogP contribution in [0.15, 0.2) is 24.3 Å². The fourth-order valence-corrected chi connectivity index (χ4v) is 5.75. The highest BCUT2D eigenvalue weighted by Gasteiger charge is 2.29. The van der Waals surface area contributed by atoms with Crippen molar-refractivity contribution in [2.75, 3.05) is 46.6 Å². The van der Waals surface area contributed by atoms with E-state index >= 15 is 0 Å². The van der Waals surface area contributed by atoms with E-state index in [1.807, 2.05) is 34.1 Å². The third-order valence-corrected chi connectivity index (χ3v) is 8.62. The Hall–Kier alpha value is -2.80. The van der Waals surface area contributed by atoms with E-state index in [4.69, 9.17) is 14.6 Å². The maximum Gasteiger partial charge on any atom is 0.331 e. The number of hydrogen-bond donors (Lipinski definition) is 3. The van der Waals surface area contributed by atoms with Gasteiger partial charge in [-0.15, -0.1) is 0 Å². The molecule has 3 N–H and O–H groups in total. The molecule has 282 valence electrons. The molecule has 12 heteroatoms. The van der Waals surface area contributed by atoms with E-state index in [1.165, 1.54) is 7.11 Å². The van der Waals surface area contributed by atoms with Crippen molar-refractivity contribution in [1.29, 1.82) is 0 Å². The first kappa shape index (κ1) is 44.2. The molecule has 2 aliphatic heterocycles. The van der Waals surface area contributed by atoms with Gasteiger partial charge in [0, 0.05) is 39.1 Å². The number of ether oxygens (including phenoxy) is 3. The van der Waals surface area contributed by atoms with Crippen LogP contribution in [0, 0.1) is 0 Å². The third kappa shape index (κ3) is 21.1. The summed E-state index contributed by atoms with van der Waals surface area (Å²) in [5.74, 6) is -1.02. The van der Waals surface area contributed by atoms with E-state index in [2.05, 4.69) is 18.6 Å². The summed E-state index contributed by atoms with van der Waals surface area (Å²) in [5, 5.41) is 28.4. The van der Waals surface area contributed by atoms with E-state index in [-0.39, 0.29) is 43.1 Å². The zero-order valence-electron chi connectivity index (χ0n) is 30.3. The highest BCUT2D eigenvalue weighted by molar-refractivity contribution is 5.79. The Morgan fingerprint density at radius 3 is 1.59 bits per heavy atom. The fourth-order valence-electron chi connectivity index (χ4n) is 5.75. The van der Waals surface area contributed by atoms with Crippen LogP contribution in [-0.4, -0.2) is 120 Å². The topological polar surface area (TPSA) is 163 Å². The summed E-state index contributed by atoms with van der Waals surface area (Å²) < 4.78 is 14.7. The van der Waals surface area contributed by atoms with Crippen LogP contribution in [0.4, 0.5) is 0 Å². The number of carboxylic acid groups (broad SMARTS) is 1. The number of carbonyl (C=O) groups excluding carboxylic acids is 3. The molecule has 0 radical (unpaired) electrons. The summed E-state index contributed by atoms with van der Waals surface area (Å²) in [4.78, 5) is 49.0. The minimum Gasteiger partial charge on any atom is -0.480 e. The van der Waals surface area contributed by atoms with Crippen molar-refractivity contribution in [1.82, 2.24) is 9.80 Å². The number of likely N-dealkylation sites (tertiary alicyclic amines) is 2. The second kappa shape index (κ2) is 28.0. The Morgan fingerprint density at radius 2 is 1.18 bits per heavy atom. The third-order valence-electron chi connectivity index (χ3n) is 8.62. The molecule has 49 heavy (non-hydrogen) atoms. The van der Waals surface area contributed by atoms with Crippen molar-refractivity contribution in [3.05, 3.63) is 24.3 Å². The smallest absolute Gasteiger partial charge is 0.331 e. The van der Waals surface area contributed by atoms with Crippen molar-refractivity contribution in [2.45, 2.75) is 141 Å². The molecule has 0 spiro atoms. The highest BCUT2D eigenvalue weighted by Crippen LogP contribution is 2.22. The first-order chi connectivity index (χ1) is 23.6. The summed E-state index contributed by atoms with van der Waals surface area (Å²) in [6.07, 6.45) is 20.8. The van der Waals surface area contributed by atoms with Gasteiger partial charge in [-0.05, 0) is 51.4 Å². The Morgan fingerprint density at radius 1 is 0.735 bits per heavy atom. The monoisotopic (exact) mass is 696 g/mol. The quantitative estimate of drug-likeness (QED) is 0.0651. The Kier molecular flexibility index (Phi) is 25.2. The summed E-state index contributed by atoms with van der Waals surface area (Å²) >= 11 is 0. The minimum absolute atomic E-state index is 0.0274. The molecule has 0 aromatic rings. The number of methoxy groups -OCH3 is 1. The molecular weight excluding hydrogens is 632 g/mol. The predicted molar refractivity (Wildman–Crippen MR) is 188 cm³/mol. The van der Waals surface area contributed by atoms with Crippen molar-refractivity contribution in [3.63, 3.8) is 0 Å². The number of esters is 1. The molecule has 12 nitrogen and oxygen atoms in total. The number of aliphatic hydroxyl groups excluding tert-OH is 2. The molecule has 2 rings (SSSR count). The lowest BCUT2D eigenvalue weighted by Gasteiger charge is -2.22. The van der Waals surface area contributed by atoms with Gasteiger partial charge in [0.05, 0.1) is 31.4 Å². The number of aliphatic hydroxyl groups is 2. The van der Waals surface area contributed by atoms with E-state index in [0.29, 0.717) is 39.1 Å². The molecule has 0 aliphatic carbocycles. The van der Waals surface area contributed by atoms with Crippen LogP contribution in [-0.2, 0) is 33.4 Å². The Bertz CT molecular complexity index is 988. The van der Waals surface area contributed by atoms with E-state index < -0.39 is 18.2 Å². The second-order valence-electron chi connectivity index (χ2n) is 12.8. The molecule has 2 heterocycles. The molecule has 4 atom stereocenters. The number of carboxylic acids is 1. The van der Waals surface area contributed by atoms with Gasteiger partial charge in [-0.1, -0.05) is 76.7 Å². The largest absolute Gasteiger partial charge is 0.480 e. The van der Waals surface area contributed by atoms with Crippen LogP contribution >= 0.6 is 0 Å². The van der Waals surface area contributed by atoms with Gasteiger partial charge in [0.2, 0.25) is 11.8 Å². The Labute approximate surface area is 293 Å². The van der Waals surface area contributed by atoms with Gasteiger partial charge in [0.25, 0.3) is 0 Å². The maximum atomic E-state index is 12.0. The number of nitrogens with zero attached hydrogens (tertiary/aromatic N) is 2. The average Bonchev–Trinajstić information content (AvgIpc) is 3.62. The summed E-state index contributed by atoms with van der Waals surface area (Å²) in [6, 6.07) is 0.155. The molecular formula is C37H64N2O10. The van der Waals surface area contributed by atoms with Crippen molar-refractivity contribution >= 4 is 23.8 Å². The minimum atomic E-state index is -0.965. The average molecular weight is 697 g/mol. The molecule has 2 amide bonds. The van der Waals surface area contributed by atoms with E-state index in [9.17, 15) is 29.4 Å². The van der Waals surface area contributed by atoms with Crippen molar-refractivity contribution in [2.24, 2.45) is 0 Å². The van der Waals surface area contributed by atoms with Gasteiger partial charge in [-0.3, -0.25) is 9.59 Å². The first-order valence-electron chi connectivity index (χ1n) is 18.4. The molecule has 0 aromatic heterocycles. The number of amides is 2. The van der Waals surface area contributed by atoms with Crippen LogP contribution in [0.25, 0.3) is 0 Å². The number of carbonyl (C=O) groups is 4. The molecule has 2 aliphatic rings. The molecule has 2 fully saturated rings. The number of aliphatic carboxylic acids is 1. The Balaban J connectivity index is 0.000000490. The standard InChI is InChI=1S/C19H33NO5.C18H31NO5/c1-3-4-5-8-17(21)11-9-16-10-12-18(22)20(16)13-6-7-14-25-15-19(23)24-2;1-2-3-4-7-16(20)10-8-15-9-11-17(21)19(15)12-5-6-13-24-14-18(22)23/h9,11,16-17,21H,3-8,10,12-15H2,1-2H3;8,10,15-16,20H,2-7,9,11-14H2,1H3,(H,22,23)/b11-9+;10-8+/t16-,17-;15-,16-/m00/s1. The second-order valence-corrected chi connectivity index (χ2v) is 12.8. The summed E-state index contributed by atoms with van der Waals surface area (Å²) in [6.45, 7) is 6.18. The zero-order valence-corrected chi connectivity index (χ0v) is 30.3. The van der Waals surface area contributed by atoms with Crippen molar-refractivity contribution in [3.8, 4) is 0 Å². The van der Waals surface area contributed by atoms with E-state index in [0.717, 1.165) is 89.9 Å². The van der Waals surface area contributed by atoms with Gasteiger partial charge < -0.3 is 39.3 Å². The lowest BCUT2D eigenvalue weighted by atomic mass is 10.1. The van der Waals surface area contributed by atoms with Crippen LogP contribution in [0.1, 0.15) is 117 Å². The number of rotatable bonds is 26. The summed E-state index contributed by atoms with van der Waals surface area (Å²) in [7, 11) is 1.33. The zero-order chi connectivity index (χ0) is 36.3. The van der Waals surface area contributed by atoms with Crippen LogP contribution in [0.2, 0.25) is 0 Å². The molecule has 0 bridgehead atoms. The van der Waals surface area contributed by atoms with E-state index in [1.54, 1.807) is 0 Å². The molecule has 2 saturated heterocycles. The lowest BCUT2D eigenvalue weighted by Crippen LogP contribution is -2.33. The normalized spacial score (nSPS) is 19.1. The van der Waals surface area contributed by atoms with Gasteiger partial charge in [0.15, 0.2) is 0 Å². The van der Waals surface area contributed by atoms with Crippen LogP contribution in [0.5, 0.6) is 0 Å².